The Morgan fingerprint density at radius 3 is 2.52 bits per heavy atom. The predicted octanol–water partition coefficient (Wildman–Crippen LogP) is 4.37. The highest BCUT2D eigenvalue weighted by atomic mass is 16.6. The lowest BCUT2D eigenvalue weighted by atomic mass is 9.88. The molecule has 1 amide bonds. The number of aromatic amines is 1. The molecule has 3 rings (SSSR count). The van der Waals surface area contributed by atoms with E-state index in [2.05, 4.69) is 10.3 Å². The van der Waals surface area contributed by atoms with Gasteiger partial charge in [0.2, 0.25) is 5.91 Å². The van der Waals surface area contributed by atoms with Crippen molar-refractivity contribution >= 4 is 22.5 Å². The van der Waals surface area contributed by atoms with Crippen LogP contribution in [-0.4, -0.2) is 22.4 Å². The van der Waals surface area contributed by atoms with Crippen molar-refractivity contribution in [3.63, 3.8) is 0 Å². The van der Waals surface area contributed by atoms with Gasteiger partial charge in [-0.25, -0.2) is 0 Å². The van der Waals surface area contributed by atoms with Gasteiger partial charge < -0.3 is 10.3 Å². The molecule has 27 heavy (non-hydrogen) atoms. The molecule has 3 aromatic rings. The van der Waals surface area contributed by atoms with E-state index < -0.39 is 4.92 Å². The summed E-state index contributed by atoms with van der Waals surface area (Å²) in [5.41, 5.74) is 2.94. The van der Waals surface area contributed by atoms with E-state index in [9.17, 15) is 14.9 Å². The van der Waals surface area contributed by atoms with Crippen molar-refractivity contribution in [2.45, 2.75) is 26.2 Å². The third-order valence-electron chi connectivity index (χ3n) is 4.60. The maximum atomic E-state index is 12.5. The molecule has 0 saturated heterocycles. The predicted molar refractivity (Wildman–Crippen MR) is 106 cm³/mol. The van der Waals surface area contributed by atoms with Crippen LogP contribution >= 0.6 is 0 Å². The monoisotopic (exact) mass is 365 g/mol. The SMILES string of the molecule is CC(C)CNC(=O)C[C@@H](c1ccc([N+](=O)[O-])cc1)c1c[nH]c2ccccc12. The summed E-state index contributed by atoms with van der Waals surface area (Å²) in [7, 11) is 0. The second kappa shape index (κ2) is 8.03. The Hall–Kier alpha value is -3.15. The Kier molecular flexibility index (Phi) is 5.54. The number of carbonyl (C=O) groups excluding carboxylic acids is 1. The molecule has 0 spiro atoms. The molecule has 0 aliphatic rings. The molecule has 6 nitrogen and oxygen atoms in total. The van der Waals surface area contributed by atoms with Gasteiger partial charge in [0.1, 0.15) is 0 Å². The van der Waals surface area contributed by atoms with Crippen molar-refractivity contribution in [2.24, 2.45) is 5.92 Å². The van der Waals surface area contributed by atoms with E-state index in [1.807, 2.05) is 44.3 Å². The van der Waals surface area contributed by atoms with E-state index in [1.165, 1.54) is 12.1 Å². The molecule has 0 bridgehead atoms. The zero-order valence-corrected chi connectivity index (χ0v) is 15.4. The number of nitro benzene ring substituents is 1. The molecule has 0 aliphatic carbocycles. The number of nitrogens with zero attached hydrogens (tertiary/aromatic N) is 1. The van der Waals surface area contributed by atoms with E-state index >= 15 is 0 Å². The van der Waals surface area contributed by atoms with Crippen molar-refractivity contribution in [3.05, 3.63) is 76.0 Å². The van der Waals surface area contributed by atoms with Crippen LogP contribution in [0.3, 0.4) is 0 Å². The van der Waals surface area contributed by atoms with Gasteiger partial charge in [0.05, 0.1) is 4.92 Å². The number of benzene rings is 2. The Morgan fingerprint density at radius 2 is 1.85 bits per heavy atom. The van der Waals surface area contributed by atoms with Gasteiger partial charge in [-0.1, -0.05) is 44.2 Å². The standard InChI is InChI=1S/C21H23N3O3/c1-14(2)12-23-21(25)11-18(15-7-9-16(10-8-15)24(26)27)19-13-22-20-6-4-3-5-17(19)20/h3-10,13-14,18,22H,11-12H2,1-2H3,(H,23,25)/t18-/m0/s1. The number of aromatic nitrogens is 1. The van der Waals surface area contributed by atoms with Crippen molar-refractivity contribution in [3.8, 4) is 0 Å². The molecule has 0 unspecified atom stereocenters. The first-order valence-electron chi connectivity index (χ1n) is 9.02. The van der Waals surface area contributed by atoms with Gasteiger partial charge >= 0.3 is 0 Å². The second-order valence-corrected chi connectivity index (χ2v) is 7.09. The van der Waals surface area contributed by atoms with Crippen LogP contribution in [0.2, 0.25) is 0 Å². The summed E-state index contributed by atoms with van der Waals surface area (Å²) in [4.78, 5) is 26.3. The lowest BCUT2D eigenvalue weighted by Gasteiger charge is -2.18. The molecule has 1 heterocycles. The molecule has 140 valence electrons. The molecule has 2 aromatic carbocycles. The number of carbonyl (C=O) groups is 1. The summed E-state index contributed by atoms with van der Waals surface area (Å²) in [5, 5.41) is 15.0. The molecule has 0 radical (unpaired) electrons. The molecule has 0 saturated carbocycles. The van der Waals surface area contributed by atoms with Gasteiger partial charge in [-0.2, -0.15) is 0 Å². The number of nitrogens with one attached hydrogen (secondary N) is 2. The third kappa shape index (κ3) is 4.34. The first-order chi connectivity index (χ1) is 13.0. The van der Waals surface area contributed by atoms with Crippen LogP contribution in [0.1, 0.15) is 37.3 Å². The lowest BCUT2D eigenvalue weighted by molar-refractivity contribution is -0.384. The number of hydrogen-bond donors (Lipinski definition) is 2. The zero-order chi connectivity index (χ0) is 19.4. The number of rotatable bonds is 7. The molecule has 2 N–H and O–H groups in total. The minimum atomic E-state index is -0.417. The highest BCUT2D eigenvalue weighted by Gasteiger charge is 2.22. The van der Waals surface area contributed by atoms with Gasteiger partial charge in [0, 0.05) is 48.1 Å². The second-order valence-electron chi connectivity index (χ2n) is 7.09. The number of amides is 1. The molecular formula is C21H23N3O3. The largest absolute Gasteiger partial charge is 0.361 e. The van der Waals surface area contributed by atoms with Crippen LogP contribution in [0.25, 0.3) is 10.9 Å². The Bertz CT molecular complexity index is 945. The highest BCUT2D eigenvalue weighted by Crippen LogP contribution is 2.34. The average molecular weight is 365 g/mol. The summed E-state index contributed by atoms with van der Waals surface area (Å²) in [6.45, 7) is 4.72. The third-order valence-corrected chi connectivity index (χ3v) is 4.60. The number of para-hydroxylation sites is 1. The van der Waals surface area contributed by atoms with Gasteiger partial charge in [0.25, 0.3) is 5.69 Å². The quantitative estimate of drug-likeness (QED) is 0.481. The van der Waals surface area contributed by atoms with E-state index in [4.69, 9.17) is 0 Å². The van der Waals surface area contributed by atoms with E-state index in [0.717, 1.165) is 22.0 Å². The van der Waals surface area contributed by atoms with Crippen molar-refractivity contribution in [2.75, 3.05) is 6.54 Å². The van der Waals surface area contributed by atoms with Crippen LogP contribution in [-0.2, 0) is 4.79 Å². The number of nitro groups is 1. The molecule has 1 atom stereocenters. The minimum Gasteiger partial charge on any atom is -0.361 e. The minimum absolute atomic E-state index is 0.0302. The maximum absolute atomic E-state index is 12.5. The summed E-state index contributed by atoms with van der Waals surface area (Å²) >= 11 is 0. The molecule has 1 aromatic heterocycles. The number of fused-ring (bicyclic) bond motifs is 1. The first-order valence-corrected chi connectivity index (χ1v) is 9.02. The molecule has 0 aliphatic heterocycles. The zero-order valence-electron chi connectivity index (χ0n) is 15.4. The average Bonchev–Trinajstić information content (AvgIpc) is 3.08. The Balaban J connectivity index is 1.95. The van der Waals surface area contributed by atoms with Crippen molar-refractivity contribution < 1.29 is 9.72 Å². The van der Waals surface area contributed by atoms with Crippen molar-refractivity contribution in [1.82, 2.24) is 10.3 Å². The summed E-state index contributed by atoms with van der Waals surface area (Å²) in [6.07, 6.45) is 2.21. The van der Waals surface area contributed by atoms with Crippen molar-refractivity contribution in [1.29, 1.82) is 0 Å². The maximum Gasteiger partial charge on any atom is 0.269 e. The molecular weight excluding hydrogens is 342 g/mol. The van der Waals surface area contributed by atoms with E-state index in [0.29, 0.717) is 12.5 Å². The van der Waals surface area contributed by atoms with Crippen LogP contribution in [0, 0.1) is 16.0 Å². The fourth-order valence-electron chi connectivity index (χ4n) is 3.19. The van der Waals surface area contributed by atoms with Gasteiger partial charge in [-0.3, -0.25) is 14.9 Å². The smallest absolute Gasteiger partial charge is 0.269 e. The Morgan fingerprint density at radius 1 is 1.15 bits per heavy atom. The van der Waals surface area contributed by atoms with Gasteiger partial charge in [-0.05, 0) is 23.1 Å². The number of hydrogen-bond acceptors (Lipinski definition) is 3. The summed E-state index contributed by atoms with van der Waals surface area (Å²) in [5.74, 6) is 0.159. The highest BCUT2D eigenvalue weighted by molar-refractivity contribution is 5.86. The Labute approximate surface area is 157 Å². The van der Waals surface area contributed by atoms with Crippen LogP contribution in [0.5, 0.6) is 0 Å². The molecule has 6 heteroatoms. The fraction of sp³-hybridized carbons (Fsp3) is 0.286. The van der Waals surface area contributed by atoms with E-state index in [1.54, 1.807) is 12.1 Å². The summed E-state index contributed by atoms with van der Waals surface area (Å²) in [6, 6.07) is 14.4. The first kappa shape index (κ1) is 18.6. The van der Waals surface area contributed by atoms with Crippen LogP contribution in [0.15, 0.2) is 54.7 Å². The molecule has 0 fully saturated rings. The van der Waals surface area contributed by atoms with Crippen LogP contribution in [0.4, 0.5) is 5.69 Å². The topological polar surface area (TPSA) is 88.0 Å². The van der Waals surface area contributed by atoms with E-state index in [-0.39, 0.29) is 23.9 Å². The lowest BCUT2D eigenvalue weighted by Crippen LogP contribution is -2.28. The number of H-pyrrole nitrogens is 1. The number of non-ortho nitro benzene ring substituents is 1. The normalized spacial score (nSPS) is 12.3. The van der Waals surface area contributed by atoms with Gasteiger partial charge in [0.15, 0.2) is 0 Å². The summed E-state index contributed by atoms with van der Waals surface area (Å²) < 4.78 is 0. The fourth-order valence-corrected chi connectivity index (χ4v) is 3.19. The van der Waals surface area contributed by atoms with Crippen LogP contribution < -0.4 is 5.32 Å². The van der Waals surface area contributed by atoms with Gasteiger partial charge in [-0.15, -0.1) is 0 Å².